The average Bonchev–Trinajstić information content (AvgIpc) is 3.11. The van der Waals surface area contributed by atoms with Crippen LogP contribution in [0.1, 0.15) is 12.5 Å². The fourth-order valence-electron chi connectivity index (χ4n) is 2.41. The number of nitrogens with one attached hydrogen (secondary N) is 1. The first-order chi connectivity index (χ1) is 13.6. The molecule has 28 heavy (non-hydrogen) atoms. The molecule has 1 heterocycles. The van der Waals surface area contributed by atoms with Gasteiger partial charge in [0.05, 0.1) is 11.5 Å². The summed E-state index contributed by atoms with van der Waals surface area (Å²) in [5, 5.41) is 13.2. The number of allylic oxidation sites excluding steroid dienone is 1. The molecule has 142 valence electrons. The molecular formula is C21H21N5OS. The predicted molar refractivity (Wildman–Crippen MR) is 114 cm³/mol. The van der Waals surface area contributed by atoms with Crippen molar-refractivity contribution in [3.05, 3.63) is 72.3 Å². The van der Waals surface area contributed by atoms with Crippen molar-refractivity contribution in [1.29, 1.82) is 0 Å². The van der Waals surface area contributed by atoms with Crippen molar-refractivity contribution < 1.29 is 4.79 Å². The van der Waals surface area contributed by atoms with Crippen LogP contribution in [0.2, 0.25) is 0 Å². The summed E-state index contributed by atoms with van der Waals surface area (Å²) in [5.74, 6) is 0.782. The zero-order valence-corrected chi connectivity index (χ0v) is 16.6. The van der Waals surface area contributed by atoms with Gasteiger partial charge in [0.15, 0.2) is 11.0 Å². The lowest BCUT2D eigenvalue weighted by Crippen LogP contribution is -2.20. The minimum absolute atomic E-state index is 0.193. The second kappa shape index (κ2) is 9.66. The molecule has 3 rings (SSSR count). The molecule has 0 radical (unpaired) electrons. The van der Waals surface area contributed by atoms with Crippen molar-refractivity contribution in [1.82, 2.24) is 20.2 Å². The normalized spacial score (nSPS) is 11.7. The molecule has 2 aromatic carbocycles. The van der Waals surface area contributed by atoms with Crippen LogP contribution in [0.5, 0.6) is 0 Å². The molecule has 0 aliphatic heterocycles. The van der Waals surface area contributed by atoms with E-state index in [4.69, 9.17) is 0 Å². The van der Waals surface area contributed by atoms with Gasteiger partial charge in [-0.3, -0.25) is 4.79 Å². The topological polar surface area (TPSA) is 72.2 Å². The summed E-state index contributed by atoms with van der Waals surface area (Å²) in [6.45, 7) is 1.83. The summed E-state index contributed by atoms with van der Waals surface area (Å²) in [5.41, 5.74) is 5.35. The minimum Gasteiger partial charge on any atom is -0.305 e. The van der Waals surface area contributed by atoms with Crippen LogP contribution in [0.15, 0.2) is 77.0 Å². The average molecular weight is 392 g/mol. The maximum atomic E-state index is 12.1. The fourth-order valence-corrected chi connectivity index (χ4v) is 3.11. The first-order valence-electron chi connectivity index (χ1n) is 8.77. The van der Waals surface area contributed by atoms with E-state index in [-0.39, 0.29) is 11.7 Å². The van der Waals surface area contributed by atoms with Gasteiger partial charge in [0.1, 0.15) is 0 Å². The number of nitrogens with zero attached hydrogens (tertiary/aromatic N) is 4. The Morgan fingerprint density at radius 2 is 1.79 bits per heavy atom. The third kappa shape index (κ3) is 5.40. The van der Waals surface area contributed by atoms with E-state index < -0.39 is 0 Å². The van der Waals surface area contributed by atoms with Crippen LogP contribution in [0.4, 0.5) is 0 Å². The zero-order chi connectivity index (χ0) is 19.8. The lowest BCUT2D eigenvalue weighted by atomic mass is 10.2. The molecule has 0 fully saturated rings. The summed E-state index contributed by atoms with van der Waals surface area (Å²) >= 11 is 1.32. The van der Waals surface area contributed by atoms with Crippen LogP contribution in [-0.2, 0) is 11.8 Å². The summed E-state index contributed by atoms with van der Waals surface area (Å²) in [6, 6.07) is 19.7. The number of hydrogen-bond donors (Lipinski definition) is 1. The molecule has 0 saturated heterocycles. The Morgan fingerprint density at radius 1 is 1.11 bits per heavy atom. The van der Waals surface area contributed by atoms with E-state index in [0.29, 0.717) is 10.9 Å². The lowest BCUT2D eigenvalue weighted by Gasteiger charge is -2.03. The van der Waals surface area contributed by atoms with Gasteiger partial charge in [-0.15, -0.1) is 10.2 Å². The molecule has 1 N–H and O–H groups in total. The smallest absolute Gasteiger partial charge is 0.250 e. The number of aromatic nitrogens is 3. The Kier molecular flexibility index (Phi) is 6.75. The quantitative estimate of drug-likeness (QED) is 0.378. The number of hydrazone groups is 1. The van der Waals surface area contributed by atoms with Gasteiger partial charge in [-0.2, -0.15) is 5.10 Å². The molecule has 0 aliphatic rings. The van der Waals surface area contributed by atoms with Crippen molar-refractivity contribution in [3.63, 3.8) is 0 Å². The number of amides is 1. The van der Waals surface area contributed by atoms with Gasteiger partial charge in [0.25, 0.3) is 5.91 Å². The molecule has 6 nitrogen and oxygen atoms in total. The van der Waals surface area contributed by atoms with Gasteiger partial charge >= 0.3 is 0 Å². The molecule has 0 bridgehead atoms. The SMILES string of the molecule is CC(/C=C/c1ccccc1)=N\NC(=O)CSc1nnc(-c2ccccc2)n1C. The molecule has 0 spiro atoms. The highest BCUT2D eigenvalue weighted by Crippen LogP contribution is 2.22. The second-order valence-electron chi connectivity index (χ2n) is 6.05. The molecule has 0 unspecified atom stereocenters. The van der Waals surface area contributed by atoms with Crippen LogP contribution in [0, 0.1) is 0 Å². The van der Waals surface area contributed by atoms with Crippen molar-refractivity contribution in [3.8, 4) is 11.4 Å². The monoisotopic (exact) mass is 391 g/mol. The van der Waals surface area contributed by atoms with Gasteiger partial charge in [0, 0.05) is 12.6 Å². The van der Waals surface area contributed by atoms with E-state index >= 15 is 0 Å². The van der Waals surface area contributed by atoms with E-state index in [1.807, 2.05) is 91.4 Å². The third-order valence-electron chi connectivity index (χ3n) is 3.87. The zero-order valence-electron chi connectivity index (χ0n) is 15.7. The third-order valence-corrected chi connectivity index (χ3v) is 4.89. The van der Waals surface area contributed by atoms with E-state index in [0.717, 1.165) is 17.0 Å². The maximum Gasteiger partial charge on any atom is 0.250 e. The number of carbonyl (C=O) groups excluding carboxylic acids is 1. The van der Waals surface area contributed by atoms with Crippen LogP contribution in [0.3, 0.4) is 0 Å². The highest BCUT2D eigenvalue weighted by Gasteiger charge is 2.12. The Morgan fingerprint density at radius 3 is 2.50 bits per heavy atom. The summed E-state index contributed by atoms with van der Waals surface area (Å²) in [6.07, 6.45) is 3.81. The number of thioether (sulfide) groups is 1. The van der Waals surface area contributed by atoms with Gasteiger partial charge in [-0.05, 0) is 18.6 Å². The van der Waals surface area contributed by atoms with Crippen LogP contribution in [0.25, 0.3) is 17.5 Å². The number of rotatable bonds is 7. The van der Waals surface area contributed by atoms with Crippen molar-refractivity contribution in [2.45, 2.75) is 12.1 Å². The largest absolute Gasteiger partial charge is 0.305 e. The van der Waals surface area contributed by atoms with Crippen molar-refractivity contribution >= 4 is 29.5 Å². The number of benzene rings is 2. The van der Waals surface area contributed by atoms with Crippen LogP contribution in [-0.4, -0.2) is 32.1 Å². The van der Waals surface area contributed by atoms with Gasteiger partial charge in [0.2, 0.25) is 0 Å². The van der Waals surface area contributed by atoms with Gasteiger partial charge in [-0.25, -0.2) is 5.43 Å². The van der Waals surface area contributed by atoms with Crippen molar-refractivity contribution in [2.75, 3.05) is 5.75 Å². The summed E-state index contributed by atoms with van der Waals surface area (Å²) in [4.78, 5) is 12.1. The first-order valence-corrected chi connectivity index (χ1v) is 9.76. The molecule has 1 aromatic heterocycles. The summed E-state index contributed by atoms with van der Waals surface area (Å²) in [7, 11) is 1.89. The Hall–Kier alpha value is -3.19. The standard InChI is InChI=1S/C21H21N5OS/c1-16(13-14-17-9-5-3-6-10-17)22-23-19(27)15-28-21-25-24-20(26(21)2)18-11-7-4-8-12-18/h3-14H,15H2,1-2H3,(H,23,27)/b14-13+,22-16+. The van der Waals surface area contributed by atoms with E-state index in [1.165, 1.54) is 11.8 Å². The molecule has 3 aromatic rings. The highest BCUT2D eigenvalue weighted by atomic mass is 32.2. The maximum absolute atomic E-state index is 12.1. The number of carbonyl (C=O) groups is 1. The summed E-state index contributed by atoms with van der Waals surface area (Å²) < 4.78 is 1.88. The molecule has 1 amide bonds. The van der Waals surface area contributed by atoms with Crippen LogP contribution < -0.4 is 5.43 Å². The molecule has 0 atom stereocenters. The number of hydrogen-bond acceptors (Lipinski definition) is 5. The predicted octanol–water partition coefficient (Wildman–Crippen LogP) is 3.78. The Bertz CT molecular complexity index is 981. The van der Waals surface area contributed by atoms with Gasteiger partial charge < -0.3 is 4.57 Å². The molecular weight excluding hydrogens is 370 g/mol. The first kappa shape index (κ1) is 19.6. The Labute approximate surface area is 168 Å². The second-order valence-corrected chi connectivity index (χ2v) is 6.99. The molecule has 0 aliphatic carbocycles. The lowest BCUT2D eigenvalue weighted by molar-refractivity contribution is -0.118. The van der Waals surface area contributed by atoms with E-state index in [2.05, 4.69) is 20.7 Å². The Balaban J connectivity index is 1.52. The van der Waals surface area contributed by atoms with Crippen LogP contribution >= 0.6 is 11.8 Å². The fraction of sp³-hybridized carbons (Fsp3) is 0.143. The van der Waals surface area contributed by atoms with E-state index in [9.17, 15) is 4.79 Å². The highest BCUT2D eigenvalue weighted by molar-refractivity contribution is 7.99. The molecule has 0 saturated carbocycles. The van der Waals surface area contributed by atoms with E-state index in [1.54, 1.807) is 0 Å². The van der Waals surface area contributed by atoms with Crippen molar-refractivity contribution in [2.24, 2.45) is 12.1 Å². The molecule has 7 heteroatoms. The van der Waals surface area contributed by atoms with Gasteiger partial charge in [-0.1, -0.05) is 78.5 Å². The minimum atomic E-state index is -0.193.